The fraction of sp³-hybridized carbons (Fsp3) is 0.684. The average Bonchev–Trinajstić information content (AvgIpc) is 2.63. The van der Waals surface area contributed by atoms with E-state index in [-0.39, 0.29) is 13.2 Å². The fourth-order valence-electron chi connectivity index (χ4n) is 2.64. The molecule has 1 unspecified atom stereocenters. The SMILES string of the molecule is CCCCCCCCCCc1ccccc1OP(=O)(OC)OCCO. The lowest BCUT2D eigenvalue weighted by Gasteiger charge is -2.18. The van der Waals surface area contributed by atoms with Gasteiger partial charge in [-0.1, -0.05) is 70.1 Å². The first-order chi connectivity index (χ1) is 12.1. The molecule has 1 rings (SSSR count). The van der Waals surface area contributed by atoms with E-state index in [2.05, 4.69) is 6.92 Å². The first-order valence-corrected chi connectivity index (χ1v) is 10.8. The first-order valence-electron chi connectivity index (χ1n) is 9.34. The molecule has 0 bridgehead atoms. The molecule has 6 heteroatoms. The molecule has 1 aromatic rings. The monoisotopic (exact) mass is 372 g/mol. The Bertz CT molecular complexity index is 506. The second-order valence-corrected chi connectivity index (χ2v) is 7.81. The van der Waals surface area contributed by atoms with Crippen molar-refractivity contribution in [3.8, 4) is 5.75 Å². The Hall–Kier alpha value is -0.870. The zero-order chi connectivity index (χ0) is 18.4. The Morgan fingerprint density at radius 2 is 1.64 bits per heavy atom. The largest absolute Gasteiger partial charge is 0.529 e. The van der Waals surface area contributed by atoms with Crippen molar-refractivity contribution in [1.29, 1.82) is 0 Å². The van der Waals surface area contributed by atoms with Crippen LogP contribution in [0.15, 0.2) is 24.3 Å². The van der Waals surface area contributed by atoms with Crippen LogP contribution in [0.25, 0.3) is 0 Å². The molecule has 0 fully saturated rings. The molecule has 0 saturated carbocycles. The molecule has 0 aliphatic rings. The van der Waals surface area contributed by atoms with Crippen LogP contribution in [-0.2, 0) is 20.0 Å². The summed E-state index contributed by atoms with van der Waals surface area (Å²) in [7, 11) is -2.41. The van der Waals surface area contributed by atoms with Crippen LogP contribution >= 0.6 is 7.82 Å². The van der Waals surface area contributed by atoms with E-state index in [9.17, 15) is 4.57 Å². The van der Waals surface area contributed by atoms with Crippen LogP contribution < -0.4 is 4.52 Å². The van der Waals surface area contributed by atoms with Gasteiger partial charge in [0.1, 0.15) is 5.75 Å². The van der Waals surface area contributed by atoms with Gasteiger partial charge in [-0.15, -0.1) is 0 Å². The number of aliphatic hydroxyl groups excluding tert-OH is 1. The van der Waals surface area contributed by atoms with Crippen LogP contribution in [0.5, 0.6) is 5.75 Å². The summed E-state index contributed by atoms with van der Waals surface area (Å²) >= 11 is 0. The van der Waals surface area contributed by atoms with Crippen LogP contribution in [0.4, 0.5) is 0 Å². The zero-order valence-corrected chi connectivity index (χ0v) is 16.5. The molecular weight excluding hydrogens is 339 g/mol. The summed E-state index contributed by atoms with van der Waals surface area (Å²) in [6.45, 7) is 1.90. The number of benzene rings is 1. The number of phosphoric ester groups is 1. The molecule has 25 heavy (non-hydrogen) atoms. The third kappa shape index (κ3) is 9.41. The summed E-state index contributed by atoms with van der Waals surface area (Å²) in [6.07, 6.45) is 11.0. The van der Waals surface area contributed by atoms with E-state index in [1.165, 1.54) is 52.1 Å². The smallest absolute Gasteiger partial charge is 0.404 e. The third-order valence-electron chi connectivity index (χ3n) is 4.05. The van der Waals surface area contributed by atoms with Gasteiger partial charge in [0.05, 0.1) is 13.2 Å². The highest BCUT2D eigenvalue weighted by Crippen LogP contribution is 2.49. The maximum Gasteiger partial charge on any atom is 0.529 e. The van der Waals surface area contributed by atoms with Crippen molar-refractivity contribution in [2.75, 3.05) is 20.3 Å². The van der Waals surface area contributed by atoms with E-state index in [4.69, 9.17) is 18.7 Å². The highest BCUT2D eigenvalue weighted by molar-refractivity contribution is 7.48. The summed E-state index contributed by atoms with van der Waals surface area (Å²) in [5.74, 6) is 0.522. The number of aryl methyl sites for hydroxylation is 1. The molecule has 144 valence electrons. The lowest BCUT2D eigenvalue weighted by molar-refractivity contribution is 0.142. The summed E-state index contributed by atoms with van der Waals surface area (Å²) in [5.41, 5.74) is 0.998. The van der Waals surface area contributed by atoms with Crippen molar-refractivity contribution in [2.24, 2.45) is 0 Å². The molecule has 0 radical (unpaired) electrons. The number of unbranched alkanes of at least 4 members (excludes halogenated alkanes) is 7. The molecule has 0 aliphatic carbocycles. The molecule has 1 atom stereocenters. The Balaban J connectivity index is 2.44. The standard InChI is InChI=1S/C19H33O5P/c1-3-4-5-6-7-8-9-10-13-18-14-11-12-15-19(18)24-25(21,22-2)23-17-16-20/h11-12,14-15,20H,3-10,13,16-17H2,1-2H3. The Morgan fingerprint density at radius 1 is 1.00 bits per heavy atom. The Morgan fingerprint density at radius 3 is 2.28 bits per heavy atom. The van der Waals surface area contributed by atoms with Crippen molar-refractivity contribution in [1.82, 2.24) is 0 Å². The van der Waals surface area contributed by atoms with E-state index >= 15 is 0 Å². The predicted octanol–water partition coefficient (Wildman–Crippen LogP) is 5.51. The van der Waals surface area contributed by atoms with Gasteiger partial charge in [-0.2, -0.15) is 0 Å². The average molecular weight is 372 g/mol. The summed E-state index contributed by atoms with van der Waals surface area (Å²) < 4.78 is 27.8. The normalized spacial score (nSPS) is 13.6. The van der Waals surface area contributed by atoms with Gasteiger partial charge in [0, 0.05) is 7.11 Å². The van der Waals surface area contributed by atoms with Crippen molar-refractivity contribution in [2.45, 2.75) is 64.7 Å². The van der Waals surface area contributed by atoms with Gasteiger partial charge >= 0.3 is 7.82 Å². The van der Waals surface area contributed by atoms with E-state index in [0.29, 0.717) is 5.75 Å². The minimum absolute atomic E-state index is 0.0919. The quantitative estimate of drug-likeness (QED) is 0.325. The topological polar surface area (TPSA) is 65.0 Å². The van der Waals surface area contributed by atoms with Crippen molar-refractivity contribution in [3.05, 3.63) is 29.8 Å². The number of hydrogen-bond donors (Lipinski definition) is 1. The van der Waals surface area contributed by atoms with Crippen molar-refractivity contribution < 1.29 is 23.2 Å². The zero-order valence-electron chi connectivity index (χ0n) is 15.6. The molecule has 0 heterocycles. The van der Waals surface area contributed by atoms with E-state index in [0.717, 1.165) is 18.4 Å². The van der Waals surface area contributed by atoms with Crippen LogP contribution in [0.3, 0.4) is 0 Å². The van der Waals surface area contributed by atoms with Gasteiger partial charge in [-0.3, -0.25) is 9.05 Å². The summed E-state index contributed by atoms with van der Waals surface area (Å²) in [6, 6.07) is 7.52. The fourth-order valence-corrected chi connectivity index (χ4v) is 3.60. The molecule has 0 aliphatic heterocycles. The maximum absolute atomic E-state index is 12.4. The van der Waals surface area contributed by atoms with Gasteiger partial charge in [-0.25, -0.2) is 4.57 Å². The molecule has 0 saturated heterocycles. The minimum Gasteiger partial charge on any atom is -0.404 e. The Labute approximate surface area is 152 Å². The molecule has 1 N–H and O–H groups in total. The summed E-state index contributed by atoms with van der Waals surface area (Å²) in [5, 5.41) is 8.82. The minimum atomic E-state index is -3.69. The number of aliphatic hydroxyl groups is 1. The molecule has 0 amide bonds. The van der Waals surface area contributed by atoms with E-state index in [1.54, 1.807) is 6.07 Å². The van der Waals surface area contributed by atoms with Gasteiger partial charge < -0.3 is 9.63 Å². The van der Waals surface area contributed by atoms with Crippen LogP contribution in [0, 0.1) is 0 Å². The van der Waals surface area contributed by atoms with Gasteiger partial charge in [0.25, 0.3) is 0 Å². The second-order valence-electron chi connectivity index (χ2n) is 6.11. The second kappa shape index (κ2) is 13.3. The molecule has 1 aromatic carbocycles. The highest BCUT2D eigenvalue weighted by Gasteiger charge is 2.27. The van der Waals surface area contributed by atoms with Gasteiger partial charge in [-0.05, 0) is 24.5 Å². The lowest BCUT2D eigenvalue weighted by atomic mass is 10.0. The van der Waals surface area contributed by atoms with E-state index < -0.39 is 7.82 Å². The molecule has 0 aromatic heterocycles. The maximum atomic E-state index is 12.4. The lowest BCUT2D eigenvalue weighted by Crippen LogP contribution is -2.05. The van der Waals surface area contributed by atoms with Gasteiger partial charge in [0.15, 0.2) is 0 Å². The number of phosphoric acid groups is 1. The number of rotatable bonds is 15. The molecular formula is C19H33O5P. The summed E-state index contributed by atoms with van der Waals surface area (Å²) in [4.78, 5) is 0. The number of hydrogen-bond acceptors (Lipinski definition) is 5. The number of para-hydroxylation sites is 1. The van der Waals surface area contributed by atoms with Crippen LogP contribution in [0.2, 0.25) is 0 Å². The first kappa shape index (κ1) is 22.2. The van der Waals surface area contributed by atoms with Crippen LogP contribution in [-0.4, -0.2) is 25.4 Å². The Kier molecular flexibility index (Phi) is 11.8. The van der Waals surface area contributed by atoms with Gasteiger partial charge in [0.2, 0.25) is 0 Å². The predicted molar refractivity (Wildman–Crippen MR) is 101 cm³/mol. The van der Waals surface area contributed by atoms with Crippen molar-refractivity contribution >= 4 is 7.82 Å². The third-order valence-corrected chi connectivity index (χ3v) is 5.41. The highest BCUT2D eigenvalue weighted by atomic mass is 31.2. The van der Waals surface area contributed by atoms with E-state index in [1.807, 2.05) is 18.2 Å². The molecule has 5 nitrogen and oxygen atoms in total. The van der Waals surface area contributed by atoms with Crippen molar-refractivity contribution in [3.63, 3.8) is 0 Å². The van der Waals surface area contributed by atoms with Crippen LogP contribution in [0.1, 0.15) is 63.9 Å². The molecule has 0 spiro atoms.